The zero-order valence-corrected chi connectivity index (χ0v) is 38.5. The van der Waals surface area contributed by atoms with Gasteiger partial charge in [-0.05, 0) is 131 Å². The second-order valence-corrected chi connectivity index (χ2v) is 19.5. The number of rotatable bonds is 4. The van der Waals surface area contributed by atoms with Gasteiger partial charge in [0.25, 0.3) is 0 Å². The van der Waals surface area contributed by atoms with E-state index in [2.05, 4.69) is 228 Å². The topological polar surface area (TPSA) is 60.7 Å². The van der Waals surface area contributed by atoms with E-state index in [1.54, 1.807) is 0 Å². The third-order valence-corrected chi connectivity index (χ3v) is 15.7. The minimum absolute atomic E-state index is 0.232. The second-order valence-electron chi connectivity index (χ2n) is 19.5. The molecule has 0 fully saturated rings. The Labute approximate surface area is 410 Å². The standard InChI is InChI=1S/C66H38N2O4/c1-5-13-55-43(9-1)44-10-2-6-14-56(44)67(55)41-23-31-61-53(35-41)49-27-25-47-51-33-39(21-29-59(51)69-63(47)65(49)71-61)37-17-19-38(20-18-37)40-22-30-60-52(34-40)48-26-28-50-54-36-42(24-32-62(54)72-66(50)64(48)70-60)68-57-15-7-3-11-45(57)46-12-4-8-16-58(46)68/h1-36,43,55H. The normalized spacial score (nSPS) is 15.6. The van der Waals surface area contributed by atoms with Crippen molar-refractivity contribution in [2.75, 3.05) is 4.90 Å². The van der Waals surface area contributed by atoms with Gasteiger partial charge in [-0.2, -0.15) is 0 Å². The van der Waals surface area contributed by atoms with Crippen LogP contribution in [0.1, 0.15) is 11.5 Å². The Bertz CT molecular complexity index is 4840. The molecule has 2 atom stereocenters. The predicted octanol–water partition coefficient (Wildman–Crippen LogP) is 18.4. The molecule has 6 nitrogen and oxygen atoms in total. The van der Waals surface area contributed by atoms with E-state index in [9.17, 15) is 0 Å². The van der Waals surface area contributed by atoms with Gasteiger partial charge in [0.2, 0.25) is 0 Å². The Morgan fingerprint density at radius 1 is 0.319 bits per heavy atom. The number of anilines is 2. The van der Waals surface area contributed by atoms with Gasteiger partial charge in [-0.25, -0.2) is 0 Å². The molecule has 0 amide bonds. The lowest BCUT2D eigenvalue weighted by Gasteiger charge is -2.28. The summed E-state index contributed by atoms with van der Waals surface area (Å²) in [4.78, 5) is 2.47. The van der Waals surface area contributed by atoms with E-state index in [1.807, 2.05) is 0 Å². The van der Waals surface area contributed by atoms with Crippen LogP contribution in [-0.4, -0.2) is 10.6 Å². The van der Waals surface area contributed by atoms with Crippen LogP contribution < -0.4 is 4.90 Å². The quantitative estimate of drug-likeness (QED) is 0.176. The first kappa shape index (κ1) is 38.3. The summed E-state index contributed by atoms with van der Waals surface area (Å²) in [5.41, 5.74) is 18.1. The molecule has 0 saturated carbocycles. The summed E-state index contributed by atoms with van der Waals surface area (Å²) in [6.07, 6.45) is 8.96. The average Bonchev–Trinajstić information content (AvgIpc) is 4.29. The average molecular weight is 923 g/mol. The van der Waals surface area contributed by atoms with Gasteiger partial charge in [0.15, 0.2) is 22.3 Å². The number of allylic oxidation sites excluding steroid dienone is 2. The zero-order valence-electron chi connectivity index (χ0n) is 38.5. The molecule has 15 aromatic rings. The number of hydrogen-bond acceptors (Lipinski definition) is 5. The highest BCUT2D eigenvalue weighted by atomic mass is 16.4. The Hall–Kier alpha value is -9.52. The molecule has 0 bridgehead atoms. The molecular weight excluding hydrogens is 885 g/mol. The first-order valence-corrected chi connectivity index (χ1v) is 24.6. The molecule has 6 heterocycles. The highest BCUT2D eigenvalue weighted by Crippen LogP contribution is 2.49. The van der Waals surface area contributed by atoms with Crippen LogP contribution in [0, 0.1) is 0 Å². The summed E-state index contributed by atoms with van der Waals surface area (Å²) < 4.78 is 28.8. The third kappa shape index (κ3) is 5.22. The fraction of sp³-hybridized carbons (Fsp3) is 0.0303. The number of nitrogens with zero attached hydrogens (tertiary/aromatic N) is 2. The molecule has 10 aromatic carbocycles. The van der Waals surface area contributed by atoms with Crippen molar-refractivity contribution in [3.8, 4) is 27.9 Å². The number of aromatic nitrogens is 1. The molecule has 336 valence electrons. The lowest BCUT2D eigenvalue weighted by molar-refractivity contribution is 0.633. The lowest BCUT2D eigenvalue weighted by atomic mass is 9.91. The molecule has 0 radical (unpaired) electrons. The summed E-state index contributed by atoms with van der Waals surface area (Å²) in [6.45, 7) is 0. The molecule has 17 rings (SSSR count). The summed E-state index contributed by atoms with van der Waals surface area (Å²) in [7, 11) is 0. The van der Waals surface area contributed by atoms with Crippen LogP contribution >= 0.6 is 0 Å². The van der Waals surface area contributed by atoms with Crippen LogP contribution in [0.15, 0.2) is 236 Å². The second kappa shape index (κ2) is 14.1. The monoisotopic (exact) mass is 922 g/mol. The third-order valence-electron chi connectivity index (χ3n) is 15.7. The minimum atomic E-state index is 0.232. The number of benzene rings is 10. The number of fused-ring (bicyclic) bond motifs is 20. The van der Waals surface area contributed by atoms with Crippen LogP contribution in [0.3, 0.4) is 0 Å². The molecule has 72 heavy (non-hydrogen) atoms. The van der Waals surface area contributed by atoms with Crippen molar-refractivity contribution in [1.82, 2.24) is 4.57 Å². The van der Waals surface area contributed by atoms with Crippen molar-refractivity contribution in [3.05, 3.63) is 224 Å². The highest BCUT2D eigenvalue weighted by Gasteiger charge is 2.37. The van der Waals surface area contributed by atoms with Crippen molar-refractivity contribution >= 4 is 121 Å². The van der Waals surface area contributed by atoms with Crippen LogP contribution in [0.4, 0.5) is 11.4 Å². The first-order valence-electron chi connectivity index (χ1n) is 24.6. The maximum Gasteiger partial charge on any atom is 0.178 e. The van der Waals surface area contributed by atoms with Crippen LogP contribution in [0.5, 0.6) is 0 Å². The van der Waals surface area contributed by atoms with Crippen molar-refractivity contribution < 1.29 is 17.7 Å². The molecule has 2 unspecified atom stereocenters. The first-order chi connectivity index (χ1) is 35.7. The predicted molar refractivity (Wildman–Crippen MR) is 294 cm³/mol. The van der Waals surface area contributed by atoms with E-state index in [0.717, 1.165) is 121 Å². The van der Waals surface area contributed by atoms with Gasteiger partial charge in [-0.3, -0.25) is 0 Å². The van der Waals surface area contributed by atoms with E-state index in [-0.39, 0.29) is 6.04 Å². The van der Waals surface area contributed by atoms with E-state index in [0.29, 0.717) is 5.92 Å². The summed E-state index contributed by atoms with van der Waals surface area (Å²) >= 11 is 0. The fourth-order valence-corrected chi connectivity index (χ4v) is 12.4. The van der Waals surface area contributed by atoms with Gasteiger partial charge in [-0.15, -0.1) is 0 Å². The number of para-hydroxylation sites is 3. The van der Waals surface area contributed by atoms with E-state index >= 15 is 0 Å². The van der Waals surface area contributed by atoms with Crippen LogP contribution in [0.2, 0.25) is 0 Å². The molecule has 0 N–H and O–H groups in total. The fourth-order valence-electron chi connectivity index (χ4n) is 12.4. The molecule has 6 heteroatoms. The van der Waals surface area contributed by atoms with E-state index in [4.69, 9.17) is 17.7 Å². The number of hydrogen-bond donors (Lipinski definition) is 0. The van der Waals surface area contributed by atoms with Crippen molar-refractivity contribution in [2.24, 2.45) is 0 Å². The van der Waals surface area contributed by atoms with Crippen LogP contribution in [0.25, 0.3) is 138 Å². The van der Waals surface area contributed by atoms with Crippen molar-refractivity contribution in [2.45, 2.75) is 12.0 Å². The Morgan fingerprint density at radius 2 is 0.750 bits per heavy atom. The van der Waals surface area contributed by atoms with Gasteiger partial charge < -0.3 is 27.1 Å². The van der Waals surface area contributed by atoms with Gasteiger partial charge in [-0.1, -0.05) is 115 Å². The summed E-state index contributed by atoms with van der Waals surface area (Å²) in [5, 5.41) is 10.9. The molecule has 2 aliphatic rings. The van der Waals surface area contributed by atoms with Gasteiger partial charge in [0.05, 0.1) is 17.1 Å². The minimum Gasteiger partial charge on any atom is -0.452 e. The Kier molecular flexibility index (Phi) is 7.49. The maximum absolute atomic E-state index is 6.62. The molecule has 1 aliphatic carbocycles. The molecule has 1 aliphatic heterocycles. The maximum atomic E-state index is 6.62. The SMILES string of the molecule is C1=CC2c3ccccc3N(c3ccc4oc5c(ccc6c7cc(-c8ccc(-c9ccc%10oc%11c(ccc%12c%13cc(-n%14c%15ccccc%15c%15ccccc%15%14)ccc%13oc%12%11)c%10c9)cc8)ccc7oc65)c4c3)C2C=C1. The Balaban J connectivity index is 0.695. The molecule has 0 saturated heterocycles. The van der Waals surface area contributed by atoms with E-state index < -0.39 is 0 Å². The van der Waals surface area contributed by atoms with Gasteiger partial charge in [0, 0.05) is 76.8 Å². The van der Waals surface area contributed by atoms with Gasteiger partial charge in [0.1, 0.15) is 22.3 Å². The number of furan rings is 4. The van der Waals surface area contributed by atoms with Crippen LogP contribution in [-0.2, 0) is 0 Å². The van der Waals surface area contributed by atoms with Crippen molar-refractivity contribution in [3.63, 3.8) is 0 Å². The largest absolute Gasteiger partial charge is 0.452 e. The molecular formula is C66H38N2O4. The highest BCUT2D eigenvalue weighted by molar-refractivity contribution is 6.21. The smallest absolute Gasteiger partial charge is 0.178 e. The van der Waals surface area contributed by atoms with E-state index in [1.165, 1.54) is 33.1 Å². The Morgan fingerprint density at radius 3 is 1.31 bits per heavy atom. The zero-order chi connectivity index (χ0) is 46.8. The lowest BCUT2D eigenvalue weighted by Crippen LogP contribution is -2.28. The molecule has 0 spiro atoms. The summed E-state index contributed by atoms with van der Waals surface area (Å²) in [6, 6.07) is 69.8. The molecule has 5 aromatic heterocycles. The van der Waals surface area contributed by atoms with Crippen molar-refractivity contribution in [1.29, 1.82) is 0 Å². The summed E-state index contributed by atoms with van der Waals surface area (Å²) in [5.74, 6) is 0.327. The van der Waals surface area contributed by atoms with Gasteiger partial charge >= 0.3 is 0 Å².